The molecule has 0 aromatic carbocycles. The summed E-state index contributed by atoms with van der Waals surface area (Å²) in [4.78, 5) is 1.45. The van der Waals surface area contributed by atoms with E-state index < -0.39 is 0 Å². The zero-order valence-corrected chi connectivity index (χ0v) is 12.7. The molecule has 84 valence electrons. The Bertz CT molecular complexity index is 312. The van der Waals surface area contributed by atoms with Crippen molar-refractivity contribution in [3.05, 3.63) is 19.2 Å². The van der Waals surface area contributed by atoms with Gasteiger partial charge in [-0.3, -0.25) is 0 Å². The largest absolute Gasteiger partial charge is 0.312 e. The van der Waals surface area contributed by atoms with Crippen LogP contribution in [0.25, 0.3) is 0 Å². The van der Waals surface area contributed by atoms with Crippen molar-refractivity contribution in [3.63, 3.8) is 0 Å². The minimum Gasteiger partial charge on any atom is -0.312 e. The molecule has 1 aromatic rings. The summed E-state index contributed by atoms with van der Waals surface area (Å²) in [5.41, 5.74) is 0. The van der Waals surface area contributed by atoms with Crippen LogP contribution in [0.4, 0.5) is 0 Å². The molecule has 1 aromatic heterocycles. The van der Waals surface area contributed by atoms with Crippen LogP contribution in [0.1, 0.15) is 36.6 Å². The van der Waals surface area contributed by atoms with Gasteiger partial charge >= 0.3 is 0 Å². The molecule has 1 saturated carbocycles. The van der Waals surface area contributed by atoms with Gasteiger partial charge in [-0.05, 0) is 63.7 Å². The van der Waals surface area contributed by atoms with E-state index in [2.05, 4.69) is 50.3 Å². The highest BCUT2D eigenvalue weighted by atomic mass is 79.9. The predicted octanol–water partition coefficient (Wildman–Crippen LogP) is 4.72. The molecular weight excluding hydrogens is 338 g/mol. The Kier molecular flexibility index (Phi) is 4.27. The van der Waals surface area contributed by atoms with E-state index in [9.17, 15) is 0 Å². The maximum absolute atomic E-state index is 3.57. The second-order valence-corrected chi connectivity index (χ2v) is 7.34. The standard InChI is InChI=1S/C11H15Br2NS/c1-14-10(7-4-2-3-5-7)9-6-8(12)11(13)15-9/h6-7,10,14H,2-5H2,1H3. The molecule has 1 N–H and O–H groups in total. The number of nitrogens with one attached hydrogen (secondary N) is 1. The Morgan fingerprint density at radius 3 is 2.53 bits per heavy atom. The van der Waals surface area contributed by atoms with E-state index in [1.807, 2.05) is 11.3 Å². The number of thiophene rings is 1. The molecule has 1 atom stereocenters. The van der Waals surface area contributed by atoms with E-state index in [0.717, 1.165) is 5.92 Å². The van der Waals surface area contributed by atoms with Crippen molar-refractivity contribution in [2.45, 2.75) is 31.7 Å². The van der Waals surface area contributed by atoms with Gasteiger partial charge in [0.1, 0.15) is 0 Å². The lowest BCUT2D eigenvalue weighted by Crippen LogP contribution is -2.22. The lowest BCUT2D eigenvalue weighted by atomic mass is 9.97. The van der Waals surface area contributed by atoms with Crippen LogP contribution in [0.15, 0.2) is 14.3 Å². The summed E-state index contributed by atoms with van der Waals surface area (Å²) >= 11 is 8.97. The van der Waals surface area contributed by atoms with E-state index in [4.69, 9.17) is 0 Å². The maximum Gasteiger partial charge on any atom is 0.0843 e. The summed E-state index contributed by atoms with van der Waals surface area (Å²) in [6.45, 7) is 0. The van der Waals surface area contributed by atoms with Crippen molar-refractivity contribution in [1.29, 1.82) is 0 Å². The van der Waals surface area contributed by atoms with Crippen molar-refractivity contribution < 1.29 is 0 Å². The summed E-state index contributed by atoms with van der Waals surface area (Å²) in [6, 6.07) is 2.79. The minimum atomic E-state index is 0.542. The number of halogens is 2. The van der Waals surface area contributed by atoms with Crippen LogP contribution in [0.5, 0.6) is 0 Å². The summed E-state index contributed by atoms with van der Waals surface area (Å²) in [6.07, 6.45) is 5.55. The van der Waals surface area contributed by atoms with Crippen molar-refractivity contribution in [1.82, 2.24) is 5.32 Å². The summed E-state index contributed by atoms with van der Waals surface area (Å²) in [7, 11) is 2.07. The van der Waals surface area contributed by atoms with Gasteiger partial charge in [0, 0.05) is 15.4 Å². The van der Waals surface area contributed by atoms with E-state index in [-0.39, 0.29) is 0 Å². The van der Waals surface area contributed by atoms with Gasteiger partial charge < -0.3 is 5.32 Å². The Balaban J connectivity index is 2.18. The summed E-state index contributed by atoms with van der Waals surface area (Å²) in [5.74, 6) is 0.826. The van der Waals surface area contributed by atoms with Crippen molar-refractivity contribution >= 4 is 43.2 Å². The van der Waals surface area contributed by atoms with Gasteiger partial charge in [0.15, 0.2) is 0 Å². The molecule has 4 heteroatoms. The molecule has 0 aliphatic heterocycles. The van der Waals surface area contributed by atoms with Gasteiger partial charge in [-0.2, -0.15) is 0 Å². The molecule has 0 saturated heterocycles. The van der Waals surface area contributed by atoms with E-state index in [0.29, 0.717) is 6.04 Å². The fourth-order valence-electron chi connectivity index (χ4n) is 2.42. The van der Waals surface area contributed by atoms with E-state index in [1.54, 1.807) is 0 Å². The third-order valence-electron chi connectivity index (χ3n) is 3.15. The molecule has 1 aliphatic rings. The van der Waals surface area contributed by atoms with Crippen LogP contribution in [0, 0.1) is 5.92 Å². The number of rotatable bonds is 3. The SMILES string of the molecule is CNC(c1cc(Br)c(Br)s1)C1CCCC1. The van der Waals surface area contributed by atoms with Crippen LogP contribution in [-0.2, 0) is 0 Å². The number of hydrogen-bond donors (Lipinski definition) is 1. The molecule has 1 nitrogen and oxygen atoms in total. The number of hydrogen-bond acceptors (Lipinski definition) is 2. The molecule has 1 unspecified atom stereocenters. The average molecular weight is 353 g/mol. The Labute approximate surface area is 112 Å². The Morgan fingerprint density at radius 1 is 1.40 bits per heavy atom. The first-order valence-corrected chi connectivity index (χ1v) is 7.74. The van der Waals surface area contributed by atoms with Gasteiger partial charge in [-0.25, -0.2) is 0 Å². The Morgan fingerprint density at radius 2 is 2.07 bits per heavy atom. The summed E-state index contributed by atoms with van der Waals surface area (Å²) in [5, 5.41) is 3.47. The van der Waals surface area contributed by atoms with Crippen molar-refractivity contribution in [3.8, 4) is 0 Å². The molecule has 0 amide bonds. The third-order valence-corrected chi connectivity index (χ3v) is 6.49. The highest BCUT2D eigenvalue weighted by Gasteiger charge is 2.26. The normalized spacial score (nSPS) is 19.7. The predicted molar refractivity (Wildman–Crippen MR) is 73.5 cm³/mol. The van der Waals surface area contributed by atoms with Crippen molar-refractivity contribution in [2.75, 3.05) is 7.05 Å². The third kappa shape index (κ3) is 2.65. The molecule has 1 aliphatic carbocycles. The van der Waals surface area contributed by atoms with Gasteiger partial charge in [0.05, 0.1) is 3.79 Å². The lowest BCUT2D eigenvalue weighted by Gasteiger charge is -2.21. The molecule has 2 rings (SSSR count). The fraction of sp³-hybridized carbons (Fsp3) is 0.636. The first kappa shape index (κ1) is 12.1. The van der Waals surface area contributed by atoms with Gasteiger partial charge in [0.2, 0.25) is 0 Å². The first-order valence-electron chi connectivity index (χ1n) is 5.34. The van der Waals surface area contributed by atoms with Gasteiger partial charge in [0.25, 0.3) is 0 Å². The van der Waals surface area contributed by atoms with Crippen LogP contribution in [0.3, 0.4) is 0 Å². The second-order valence-electron chi connectivity index (χ2n) is 4.08. The quantitative estimate of drug-likeness (QED) is 0.829. The molecule has 0 spiro atoms. The van der Waals surface area contributed by atoms with Gasteiger partial charge in [-0.15, -0.1) is 11.3 Å². The van der Waals surface area contributed by atoms with Crippen molar-refractivity contribution in [2.24, 2.45) is 5.92 Å². The van der Waals surface area contributed by atoms with E-state index in [1.165, 1.54) is 38.8 Å². The molecule has 15 heavy (non-hydrogen) atoms. The topological polar surface area (TPSA) is 12.0 Å². The smallest absolute Gasteiger partial charge is 0.0843 e. The Hall–Kier alpha value is 0.620. The minimum absolute atomic E-state index is 0.542. The lowest BCUT2D eigenvalue weighted by molar-refractivity contribution is 0.395. The van der Waals surface area contributed by atoms with E-state index >= 15 is 0 Å². The zero-order valence-electron chi connectivity index (χ0n) is 8.72. The molecule has 1 heterocycles. The monoisotopic (exact) mass is 351 g/mol. The second kappa shape index (κ2) is 5.30. The first-order chi connectivity index (χ1) is 7.22. The van der Waals surface area contributed by atoms with Crippen LogP contribution in [-0.4, -0.2) is 7.05 Å². The molecule has 1 fully saturated rings. The van der Waals surface area contributed by atoms with Gasteiger partial charge in [-0.1, -0.05) is 12.8 Å². The highest BCUT2D eigenvalue weighted by Crippen LogP contribution is 2.41. The fourth-order valence-corrected chi connectivity index (χ4v) is 4.71. The molecular formula is C11H15Br2NS. The average Bonchev–Trinajstić information content (AvgIpc) is 2.80. The summed E-state index contributed by atoms with van der Waals surface area (Å²) < 4.78 is 2.39. The van der Waals surface area contributed by atoms with Crippen LogP contribution >= 0.6 is 43.2 Å². The van der Waals surface area contributed by atoms with Crippen LogP contribution < -0.4 is 5.32 Å². The zero-order chi connectivity index (χ0) is 10.8. The maximum atomic E-state index is 3.57. The molecule has 0 radical (unpaired) electrons. The molecule has 0 bridgehead atoms. The highest BCUT2D eigenvalue weighted by molar-refractivity contribution is 9.13. The van der Waals surface area contributed by atoms with Crippen LogP contribution in [0.2, 0.25) is 0 Å².